The van der Waals surface area contributed by atoms with Crippen LogP contribution in [-0.2, 0) is 16.0 Å². The highest BCUT2D eigenvalue weighted by Crippen LogP contribution is 2.21. The zero-order chi connectivity index (χ0) is 18.3. The van der Waals surface area contributed by atoms with Crippen molar-refractivity contribution in [3.05, 3.63) is 39.9 Å². The van der Waals surface area contributed by atoms with E-state index in [1.165, 1.54) is 4.57 Å². The van der Waals surface area contributed by atoms with Crippen LogP contribution >= 0.6 is 0 Å². The van der Waals surface area contributed by atoms with Crippen LogP contribution < -0.4 is 16.2 Å². The average molecular weight is 354 g/mol. The molecule has 0 spiro atoms. The minimum absolute atomic E-state index is 0.214. The number of aromatic nitrogens is 2. The summed E-state index contributed by atoms with van der Waals surface area (Å²) in [5.41, 5.74) is 1.54. The molecule has 2 aromatic rings. The number of nitrogens with zero attached hydrogens (tertiary/aromatic N) is 2. The Kier molecular flexibility index (Phi) is 4.32. The third-order valence-electron chi connectivity index (χ3n) is 5.37. The van der Waals surface area contributed by atoms with E-state index in [1.54, 1.807) is 6.92 Å². The van der Waals surface area contributed by atoms with E-state index in [-0.39, 0.29) is 17.9 Å². The molecular weight excluding hydrogens is 332 g/mol. The van der Waals surface area contributed by atoms with Crippen molar-refractivity contribution in [2.75, 3.05) is 13.1 Å². The number of hydrogen-bond donors (Lipinski definition) is 2. The first kappa shape index (κ1) is 16.9. The quantitative estimate of drug-likeness (QED) is 0.794. The van der Waals surface area contributed by atoms with Crippen LogP contribution in [0.25, 0.3) is 10.9 Å². The van der Waals surface area contributed by atoms with Gasteiger partial charge in [0.25, 0.3) is 5.56 Å². The van der Waals surface area contributed by atoms with Gasteiger partial charge in [-0.15, -0.1) is 0 Å². The second-order valence-corrected chi connectivity index (χ2v) is 7.22. The molecule has 1 aromatic carbocycles. The van der Waals surface area contributed by atoms with Crippen LogP contribution in [0, 0.1) is 12.8 Å². The molecule has 26 heavy (non-hydrogen) atoms. The number of aryl methyl sites for hydroxylation is 2. The summed E-state index contributed by atoms with van der Waals surface area (Å²) in [6.07, 6.45) is 2.58. The number of nitrogens with one attached hydrogen (secondary N) is 2. The molecule has 2 N–H and O–H groups in total. The van der Waals surface area contributed by atoms with Crippen LogP contribution in [0.3, 0.4) is 0 Å². The van der Waals surface area contributed by atoms with E-state index in [9.17, 15) is 14.4 Å². The fourth-order valence-electron chi connectivity index (χ4n) is 3.73. The lowest BCUT2D eigenvalue weighted by atomic mass is 9.94. The lowest BCUT2D eigenvalue weighted by Crippen LogP contribution is -2.45. The minimum Gasteiger partial charge on any atom is -0.316 e. The molecule has 0 radical (unpaired) electrons. The third-order valence-corrected chi connectivity index (χ3v) is 5.37. The summed E-state index contributed by atoms with van der Waals surface area (Å²) in [5.74, 6) is 0.479. The second-order valence-electron chi connectivity index (χ2n) is 7.22. The van der Waals surface area contributed by atoms with Crippen molar-refractivity contribution >= 4 is 22.7 Å². The fourth-order valence-corrected chi connectivity index (χ4v) is 3.73. The van der Waals surface area contributed by atoms with Crippen molar-refractivity contribution in [1.29, 1.82) is 0 Å². The molecule has 2 aliphatic rings. The van der Waals surface area contributed by atoms with E-state index in [0.29, 0.717) is 29.1 Å². The Morgan fingerprint density at radius 1 is 1.23 bits per heavy atom. The topological polar surface area (TPSA) is 93.1 Å². The molecule has 2 fully saturated rings. The van der Waals surface area contributed by atoms with Gasteiger partial charge in [-0.05, 0) is 62.9 Å². The highest BCUT2D eigenvalue weighted by atomic mass is 16.2. The van der Waals surface area contributed by atoms with Gasteiger partial charge >= 0.3 is 0 Å². The molecule has 1 aromatic heterocycles. The Bertz CT molecular complexity index is 946. The summed E-state index contributed by atoms with van der Waals surface area (Å²) in [5, 5.41) is 6.12. The first-order valence-corrected chi connectivity index (χ1v) is 9.09. The standard InChI is InChI=1S/C19H22N4O3/c1-11-21-15-5-4-12(2-3-13-9-20-10-13)8-14(15)19(26)23(11)16-6-7-17(24)22-18(16)25/h4-5,8,13,16,20H,2-3,6-7,9-10H2,1H3,(H,22,24,25). The third kappa shape index (κ3) is 3.03. The van der Waals surface area contributed by atoms with E-state index in [0.717, 1.165) is 31.5 Å². The number of imide groups is 1. The number of rotatable bonds is 4. The Hall–Kier alpha value is -2.54. The highest BCUT2D eigenvalue weighted by molar-refractivity contribution is 5.99. The maximum Gasteiger partial charge on any atom is 0.262 e. The SMILES string of the molecule is Cc1nc2ccc(CCC3CNC3)cc2c(=O)n1C1CCC(=O)NC1=O. The lowest BCUT2D eigenvalue weighted by Gasteiger charge is -2.27. The molecule has 0 bridgehead atoms. The zero-order valence-corrected chi connectivity index (χ0v) is 14.7. The molecule has 7 nitrogen and oxygen atoms in total. The molecule has 2 amide bonds. The smallest absolute Gasteiger partial charge is 0.262 e. The maximum absolute atomic E-state index is 13.1. The largest absolute Gasteiger partial charge is 0.316 e. The minimum atomic E-state index is -0.679. The van der Waals surface area contributed by atoms with E-state index in [4.69, 9.17) is 0 Å². The molecule has 136 valence electrons. The van der Waals surface area contributed by atoms with Crippen LogP contribution in [-0.4, -0.2) is 34.5 Å². The number of carbonyl (C=O) groups excluding carboxylic acids is 2. The number of hydrogen-bond acceptors (Lipinski definition) is 5. The lowest BCUT2D eigenvalue weighted by molar-refractivity contribution is -0.135. The number of amides is 2. The van der Waals surface area contributed by atoms with Crippen molar-refractivity contribution in [3.8, 4) is 0 Å². The summed E-state index contributed by atoms with van der Waals surface area (Å²) in [4.78, 5) is 41.2. The van der Waals surface area contributed by atoms with Gasteiger partial charge < -0.3 is 5.32 Å². The van der Waals surface area contributed by atoms with Crippen LogP contribution in [0.15, 0.2) is 23.0 Å². The summed E-state index contributed by atoms with van der Waals surface area (Å²) in [7, 11) is 0. The predicted molar refractivity (Wildman–Crippen MR) is 96.8 cm³/mol. The molecule has 7 heteroatoms. The highest BCUT2D eigenvalue weighted by Gasteiger charge is 2.30. The van der Waals surface area contributed by atoms with E-state index >= 15 is 0 Å². The Morgan fingerprint density at radius 3 is 2.73 bits per heavy atom. The van der Waals surface area contributed by atoms with Gasteiger partial charge in [0.1, 0.15) is 11.9 Å². The first-order valence-electron chi connectivity index (χ1n) is 9.09. The Labute approximate surface area is 150 Å². The molecule has 2 aliphatic heterocycles. The summed E-state index contributed by atoms with van der Waals surface area (Å²) in [6.45, 7) is 3.86. The zero-order valence-electron chi connectivity index (χ0n) is 14.7. The van der Waals surface area contributed by atoms with Gasteiger partial charge in [-0.3, -0.25) is 24.3 Å². The number of piperidine rings is 1. The van der Waals surface area contributed by atoms with Crippen molar-refractivity contribution in [3.63, 3.8) is 0 Å². The van der Waals surface area contributed by atoms with Crippen LogP contribution in [0.4, 0.5) is 0 Å². The first-order chi connectivity index (χ1) is 12.5. The molecular formula is C19H22N4O3. The number of benzene rings is 1. The van der Waals surface area contributed by atoms with E-state index in [1.807, 2.05) is 18.2 Å². The summed E-state index contributed by atoms with van der Waals surface area (Å²) in [6, 6.07) is 5.13. The van der Waals surface area contributed by atoms with Crippen LogP contribution in [0.1, 0.15) is 36.7 Å². The van der Waals surface area contributed by atoms with E-state index < -0.39 is 11.9 Å². The van der Waals surface area contributed by atoms with Gasteiger partial charge in [-0.2, -0.15) is 0 Å². The Balaban J connectivity index is 1.70. The van der Waals surface area contributed by atoms with Gasteiger partial charge in [0.15, 0.2) is 0 Å². The number of fused-ring (bicyclic) bond motifs is 1. The molecule has 4 rings (SSSR count). The van der Waals surface area contributed by atoms with Crippen molar-refractivity contribution < 1.29 is 9.59 Å². The van der Waals surface area contributed by atoms with Gasteiger partial charge in [0.05, 0.1) is 10.9 Å². The molecule has 2 saturated heterocycles. The van der Waals surface area contributed by atoms with Gasteiger partial charge in [-0.25, -0.2) is 4.98 Å². The van der Waals surface area contributed by atoms with Gasteiger partial charge in [0.2, 0.25) is 11.8 Å². The van der Waals surface area contributed by atoms with Crippen molar-refractivity contribution in [2.45, 2.75) is 38.6 Å². The van der Waals surface area contributed by atoms with Crippen LogP contribution in [0.2, 0.25) is 0 Å². The molecule has 0 aliphatic carbocycles. The fraction of sp³-hybridized carbons (Fsp3) is 0.474. The second kappa shape index (κ2) is 6.64. The maximum atomic E-state index is 13.1. The molecule has 3 heterocycles. The molecule has 1 unspecified atom stereocenters. The normalized spacial score (nSPS) is 20.9. The van der Waals surface area contributed by atoms with E-state index in [2.05, 4.69) is 15.6 Å². The molecule has 1 atom stereocenters. The predicted octanol–water partition coefficient (Wildman–Crippen LogP) is 0.835. The average Bonchev–Trinajstić information content (AvgIpc) is 2.56. The van der Waals surface area contributed by atoms with Gasteiger partial charge in [0, 0.05) is 6.42 Å². The van der Waals surface area contributed by atoms with Crippen LogP contribution in [0.5, 0.6) is 0 Å². The van der Waals surface area contributed by atoms with Gasteiger partial charge in [-0.1, -0.05) is 6.07 Å². The van der Waals surface area contributed by atoms with Crippen molar-refractivity contribution in [2.24, 2.45) is 5.92 Å². The summed E-state index contributed by atoms with van der Waals surface area (Å²) < 4.78 is 1.43. The Morgan fingerprint density at radius 2 is 2.04 bits per heavy atom. The number of carbonyl (C=O) groups is 2. The monoisotopic (exact) mass is 354 g/mol. The molecule has 0 saturated carbocycles. The van der Waals surface area contributed by atoms with Crippen molar-refractivity contribution in [1.82, 2.24) is 20.2 Å². The summed E-state index contributed by atoms with van der Waals surface area (Å²) >= 11 is 0.